The molecule has 14 heavy (non-hydrogen) atoms. The molecule has 0 amide bonds. The first-order valence-corrected chi connectivity index (χ1v) is 4.50. The quantitative estimate of drug-likeness (QED) is 0.614. The third kappa shape index (κ3) is 2.88. The number of halogens is 1. The summed E-state index contributed by atoms with van der Waals surface area (Å²) in [6.07, 6.45) is 1.52. The molecule has 1 aromatic rings. The van der Waals surface area contributed by atoms with Gasteiger partial charge in [0.25, 0.3) is 0 Å². The standard InChI is InChI=1S/C9H10ClNO3/c1-2-14-8(13)4-6-3-7(12)9(10)11-5-6/h3,5,12H,2,4H2,1H3. The lowest BCUT2D eigenvalue weighted by Gasteiger charge is -2.02. The Morgan fingerprint density at radius 2 is 2.43 bits per heavy atom. The van der Waals surface area contributed by atoms with E-state index in [1.807, 2.05) is 0 Å². The smallest absolute Gasteiger partial charge is 0.310 e. The minimum absolute atomic E-state index is 0.0256. The normalized spacial score (nSPS) is 9.86. The Bertz CT molecular complexity index is 341. The fourth-order valence-electron chi connectivity index (χ4n) is 0.954. The van der Waals surface area contributed by atoms with Crippen LogP contribution in [-0.4, -0.2) is 22.7 Å². The van der Waals surface area contributed by atoms with E-state index in [1.165, 1.54) is 12.3 Å². The molecule has 0 aromatic carbocycles. The monoisotopic (exact) mass is 215 g/mol. The molecule has 0 saturated carbocycles. The lowest BCUT2D eigenvalue weighted by molar-refractivity contribution is -0.142. The zero-order chi connectivity index (χ0) is 10.6. The van der Waals surface area contributed by atoms with Crippen LogP contribution < -0.4 is 0 Å². The van der Waals surface area contributed by atoms with E-state index in [4.69, 9.17) is 16.3 Å². The molecule has 5 heteroatoms. The van der Waals surface area contributed by atoms with Gasteiger partial charge in [-0.2, -0.15) is 0 Å². The molecule has 76 valence electrons. The van der Waals surface area contributed by atoms with Crippen molar-refractivity contribution in [2.24, 2.45) is 0 Å². The van der Waals surface area contributed by atoms with Crippen molar-refractivity contribution in [2.75, 3.05) is 6.61 Å². The summed E-state index contributed by atoms with van der Waals surface area (Å²) < 4.78 is 4.73. The van der Waals surface area contributed by atoms with E-state index in [1.54, 1.807) is 6.92 Å². The summed E-state index contributed by atoms with van der Waals surface area (Å²) in [6, 6.07) is 1.40. The second-order valence-corrected chi connectivity index (χ2v) is 2.99. The lowest BCUT2D eigenvalue weighted by atomic mass is 10.2. The van der Waals surface area contributed by atoms with Crippen molar-refractivity contribution < 1.29 is 14.6 Å². The van der Waals surface area contributed by atoms with E-state index in [-0.39, 0.29) is 23.3 Å². The molecule has 0 radical (unpaired) electrons. The van der Waals surface area contributed by atoms with Crippen LogP contribution in [0.15, 0.2) is 12.3 Å². The zero-order valence-electron chi connectivity index (χ0n) is 7.66. The molecule has 0 fully saturated rings. The number of carbonyl (C=O) groups excluding carboxylic acids is 1. The topological polar surface area (TPSA) is 59.4 Å². The van der Waals surface area contributed by atoms with Crippen LogP contribution >= 0.6 is 11.6 Å². The third-order valence-electron chi connectivity index (χ3n) is 1.53. The van der Waals surface area contributed by atoms with Crippen molar-refractivity contribution in [3.8, 4) is 5.75 Å². The molecule has 1 aromatic heterocycles. The largest absolute Gasteiger partial charge is 0.505 e. The van der Waals surface area contributed by atoms with Gasteiger partial charge in [-0.3, -0.25) is 4.79 Å². The molecular weight excluding hydrogens is 206 g/mol. The van der Waals surface area contributed by atoms with Crippen molar-refractivity contribution in [3.05, 3.63) is 23.0 Å². The van der Waals surface area contributed by atoms with Gasteiger partial charge in [0, 0.05) is 6.20 Å². The molecule has 0 atom stereocenters. The molecule has 0 bridgehead atoms. The zero-order valence-corrected chi connectivity index (χ0v) is 8.41. The summed E-state index contributed by atoms with van der Waals surface area (Å²) in [4.78, 5) is 14.7. The summed E-state index contributed by atoms with van der Waals surface area (Å²) >= 11 is 5.50. The highest BCUT2D eigenvalue weighted by Crippen LogP contribution is 2.20. The molecule has 4 nitrogen and oxygen atoms in total. The van der Waals surface area contributed by atoms with Crippen LogP contribution in [0.3, 0.4) is 0 Å². The van der Waals surface area contributed by atoms with E-state index in [0.717, 1.165) is 0 Å². The van der Waals surface area contributed by atoms with Crippen LogP contribution in [0.4, 0.5) is 0 Å². The maximum atomic E-state index is 11.0. The van der Waals surface area contributed by atoms with Crippen molar-refractivity contribution in [2.45, 2.75) is 13.3 Å². The average Bonchev–Trinajstić information content (AvgIpc) is 2.12. The predicted molar refractivity (Wildman–Crippen MR) is 51.2 cm³/mol. The molecule has 0 unspecified atom stereocenters. The second kappa shape index (κ2) is 4.81. The number of hydrogen-bond acceptors (Lipinski definition) is 4. The molecule has 1 heterocycles. The first-order chi connectivity index (χ1) is 6.63. The van der Waals surface area contributed by atoms with Crippen LogP contribution in [0.5, 0.6) is 5.75 Å². The van der Waals surface area contributed by atoms with E-state index < -0.39 is 0 Å². The summed E-state index contributed by atoms with van der Waals surface area (Å²) in [5.41, 5.74) is 0.574. The number of nitrogens with zero attached hydrogens (tertiary/aromatic N) is 1. The van der Waals surface area contributed by atoms with Crippen molar-refractivity contribution in [1.82, 2.24) is 4.98 Å². The number of aromatic hydroxyl groups is 1. The Labute approximate surface area is 86.5 Å². The molecule has 0 aliphatic heterocycles. The highest BCUT2D eigenvalue weighted by molar-refractivity contribution is 6.30. The van der Waals surface area contributed by atoms with E-state index in [9.17, 15) is 9.90 Å². The molecule has 0 aliphatic rings. The van der Waals surface area contributed by atoms with Gasteiger partial charge < -0.3 is 9.84 Å². The van der Waals surface area contributed by atoms with E-state index in [0.29, 0.717) is 12.2 Å². The third-order valence-corrected chi connectivity index (χ3v) is 1.82. The maximum Gasteiger partial charge on any atom is 0.310 e. The minimum atomic E-state index is -0.351. The number of esters is 1. The molecule has 0 spiro atoms. The van der Waals surface area contributed by atoms with Gasteiger partial charge >= 0.3 is 5.97 Å². The average molecular weight is 216 g/mol. The Hall–Kier alpha value is -1.29. The lowest BCUT2D eigenvalue weighted by Crippen LogP contribution is -2.07. The van der Waals surface area contributed by atoms with E-state index in [2.05, 4.69) is 4.98 Å². The van der Waals surface area contributed by atoms with Crippen LogP contribution in [-0.2, 0) is 16.0 Å². The van der Waals surface area contributed by atoms with E-state index >= 15 is 0 Å². The molecule has 1 rings (SSSR count). The number of rotatable bonds is 3. The number of ether oxygens (including phenoxy) is 1. The van der Waals surface area contributed by atoms with Crippen LogP contribution in [0, 0.1) is 0 Å². The Morgan fingerprint density at radius 3 is 3.00 bits per heavy atom. The van der Waals surface area contributed by atoms with Crippen LogP contribution in [0.1, 0.15) is 12.5 Å². The number of carbonyl (C=O) groups is 1. The summed E-state index contributed by atoms with van der Waals surface area (Å²) in [5.74, 6) is -0.482. The van der Waals surface area contributed by atoms with Gasteiger partial charge in [-0.15, -0.1) is 0 Å². The van der Waals surface area contributed by atoms with Crippen molar-refractivity contribution >= 4 is 17.6 Å². The van der Waals surface area contributed by atoms with Crippen LogP contribution in [0.25, 0.3) is 0 Å². The fourth-order valence-corrected chi connectivity index (χ4v) is 1.06. The number of aromatic nitrogens is 1. The molecule has 0 aliphatic carbocycles. The van der Waals surface area contributed by atoms with Gasteiger partial charge in [-0.25, -0.2) is 4.98 Å². The fraction of sp³-hybridized carbons (Fsp3) is 0.333. The summed E-state index contributed by atoms with van der Waals surface area (Å²) in [6.45, 7) is 2.07. The van der Waals surface area contributed by atoms with Crippen molar-refractivity contribution in [3.63, 3.8) is 0 Å². The Kier molecular flexibility index (Phi) is 3.71. The number of hydrogen-bond donors (Lipinski definition) is 1. The van der Waals surface area contributed by atoms with Gasteiger partial charge in [0.2, 0.25) is 0 Å². The van der Waals surface area contributed by atoms with Crippen LogP contribution in [0.2, 0.25) is 5.15 Å². The first kappa shape index (κ1) is 10.8. The summed E-state index contributed by atoms with van der Waals surface area (Å²) in [7, 11) is 0. The second-order valence-electron chi connectivity index (χ2n) is 2.64. The molecule has 1 N–H and O–H groups in total. The number of pyridine rings is 1. The van der Waals surface area contributed by atoms with Gasteiger partial charge in [0.15, 0.2) is 10.9 Å². The maximum absolute atomic E-state index is 11.0. The van der Waals surface area contributed by atoms with Gasteiger partial charge in [-0.1, -0.05) is 11.6 Å². The molecular formula is C9H10ClNO3. The molecule has 0 saturated heterocycles. The SMILES string of the molecule is CCOC(=O)Cc1cnc(Cl)c(O)c1. The highest BCUT2D eigenvalue weighted by atomic mass is 35.5. The van der Waals surface area contributed by atoms with Crippen molar-refractivity contribution in [1.29, 1.82) is 0 Å². The predicted octanol–water partition coefficient (Wildman–Crippen LogP) is 1.55. The van der Waals surface area contributed by atoms with Gasteiger partial charge in [0.1, 0.15) is 0 Å². The first-order valence-electron chi connectivity index (χ1n) is 4.12. The summed E-state index contributed by atoms with van der Waals surface area (Å²) in [5, 5.41) is 9.22. The highest BCUT2D eigenvalue weighted by Gasteiger charge is 2.06. The minimum Gasteiger partial charge on any atom is -0.505 e. The Balaban J connectivity index is 2.68. The van der Waals surface area contributed by atoms with Gasteiger partial charge in [-0.05, 0) is 18.6 Å². The van der Waals surface area contributed by atoms with Gasteiger partial charge in [0.05, 0.1) is 13.0 Å². The Morgan fingerprint density at radius 1 is 1.71 bits per heavy atom.